The Balaban J connectivity index is 1.74. The molecule has 0 saturated heterocycles. The lowest BCUT2D eigenvalue weighted by Gasteiger charge is -2.03. The van der Waals surface area contributed by atoms with Crippen LogP contribution in [0.5, 0.6) is 0 Å². The van der Waals surface area contributed by atoms with Crippen LogP contribution >= 0.6 is 22.9 Å². The summed E-state index contributed by atoms with van der Waals surface area (Å²) in [6.45, 7) is 2.07. The third-order valence-electron chi connectivity index (χ3n) is 3.89. The van der Waals surface area contributed by atoms with Crippen LogP contribution in [-0.4, -0.2) is 20.0 Å². The zero-order chi connectivity index (χ0) is 17.4. The monoisotopic (exact) mass is 367 g/mol. The molecule has 0 fully saturated rings. The fourth-order valence-corrected chi connectivity index (χ4v) is 3.60. The zero-order valence-electron chi connectivity index (χ0n) is 13.3. The summed E-state index contributed by atoms with van der Waals surface area (Å²) in [7, 11) is 0. The van der Waals surface area contributed by atoms with Crippen molar-refractivity contribution in [2.24, 2.45) is 0 Å². The minimum absolute atomic E-state index is 0.438. The maximum absolute atomic E-state index is 6.26. The minimum atomic E-state index is 0.438. The Morgan fingerprint density at radius 3 is 2.76 bits per heavy atom. The second-order valence-corrected chi connectivity index (χ2v) is 6.86. The van der Waals surface area contributed by atoms with Crippen molar-refractivity contribution in [3.63, 3.8) is 0 Å². The van der Waals surface area contributed by atoms with Gasteiger partial charge < -0.3 is 5.73 Å². The lowest BCUT2D eigenvalue weighted by Crippen LogP contribution is -2.02. The molecule has 0 bridgehead atoms. The Kier molecular flexibility index (Phi) is 3.99. The van der Waals surface area contributed by atoms with Crippen LogP contribution in [0.15, 0.2) is 53.9 Å². The van der Waals surface area contributed by atoms with Crippen molar-refractivity contribution in [3.05, 3.63) is 64.5 Å². The van der Waals surface area contributed by atoms with Crippen molar-refractivity contribution in [3.8, 4) is 27.6 Å². The first-order valence-electron chi connectivity index (χ1n) is 7.62. The molecule has 2 aromatic heterocycles. The summed E-state index contributed by atoms with van der Waals surface area (Å²) in [5.74, 6) is 0.438. The largest absolute Gasteiger partial charge is 0.382 e. The molecule has 0 saturated carbocycles. The lowest BCUT2D eigenvalue weighted by atomic mass is 10.1. The number of nitrogens with two attached hydrogens (primary N) is 1. The Morgan fingerprint density at radius 2 is 1.96 bits per heavy atom. The zero-order valence-corrected chi connectivity index (χ0v) is 14.9. The molecule has 0 aliphatic rings. The minimum Gasteiger partial charge on any atom is -0.382 e. The molecule has 4 aromatic rings. The van der Waals surface area contributed by atoms with E-state index in [9.17, 15) is 0 Å². The molecule has 2 heterocycles. The lowest BCUT2D eigenvalue weighted by molar-refractivity contribution is 0.810. The summed E-state index contributed by atoms with van der Waals surface area (Å²) >= 11 is 7.54. The molecule has 25 heavy (non-hydrogen) atoms. The van der Waals surface area contributed by atoms with Crippen LogP contribution in [0, 0.1) is 6.92 Å². The van der Waals surface area contributed by atoms with E-state index in [2.05, 4.69) is 29.4 Å². The number of hydrogen-bond acceptors (Lipinski definition) is 5. The van der Waals surface area contributed by atoms with E-state index in [0.29, 0.717) is 16.5 Å². The number of hydrogen-bond donors (Lipinski definition) is 1. The Bertz CT molecular complexity index is 1050. The molecule has 4 rings (SSSR count). The Morgan fingerprint density at radius 1 is 1.12 bits per heavy atom. The number of nitrogens with zero attached hydrogens (tertiary/aromatic N) is 4. The van der Waals surface area contributed by atoms with Crippen LogP contribution in [0.3, 0.4) is 0 Å². The van der Waals surface area contributed by atoms with Gasteiger partial charge in [-0.2, -0.15) is 4.68 Å². The summed E-state index contributed by atoms with van der Waals surface area (Å²) in [4.78, 5) is 4.69. The van der Waals surface area contributed by atoms with Gasteiger partial charge >= 0.3 is 0 Å². The smallest absolute Gasteiger partial charge is 0.165 e. The maximum atomic E-state index is 6.26. The highest BCUT2D eigenvalue weighted by Gasteiger charge is 2.17. The predicted octanol–water partition coefficient (Wildman–Crippen LogP) is 4.60. The summed E-state index contributed by atoms with van der Waals surface area (Å²) < 4.78 is 1.57. The first-order chi connectivity index (χ1) is 12.1. The van der Waals surface area contributed by atoms with Gasteiger partial charge in [-0.3, -0.25) is 0 Å². The van der Waals surface area contributed by atoms with E-state index in [4.69, 9.17) is 22.3 Å². The highest BCUT2D eigenvalue weighted by molar-refractivity contribution is 7.13. The SMILES string of the molecule is Cc1ccccc1-c1csc(-c2nnn(-c3cccc(Cl)c3)c2N)n1. The van der Waals surface area contributed by atoms with E-state index in [0.717, 1.165) is 22.0 Å². The molecule has 0 aliphatic heterocycles. The number of halogens is 1. The van der Waals surface area contributed by atoms with Crippen LogP contribution in [-0.2, 0) is 0 Å². The molecule has 0 radical (unpaired) electrons. The molecule has 0 unspecified atom stereocenters. The second kappa shape index (κ2) is 6.31. The van der Waals surface area contributed by atoms with Gasteiger partial charge in [0.1, 0.15) is 5.01 Å². The number of thiazole rings is 1. The van der Waals surface area contributed by atoms with Crippen LogP contribution in [0.4, 0.5) is 5.82 Å². The van der Waals surface area contributed by atoms with E-state index in [1.54, 1.807) is 16.8 Å². The van der Waals surface area contributed by atoms with Gasteiger partial charge in [0.2, 0.25) is 0 Å². The van der Waals surface area contributed by atoms with Crippen molar-refractivity contribution >= 4 is 28.8 Å². The third-order valence-corrected chi connectivity index (χ3v) is 4.97. The number of rotatable bonds is 3. The number of benzene rings is 2. The Hall–Kier alpha value is -2.70. The normalized spacial score (nSPS) is 11.0. The predicted molar refractivity (Wildman–Crippen MR) is 102 cm³/mol. The van der Waals surface area contributed by atoms with Crippen molar-refractivity contribution in [1.82, 2.24) is 20.0 Å². The van der Waals surface area contributed by atoms with Crippen molar-refractivity contribution in [2.45, 2.75) is 6.92 Å². The molecular weight excluding hydrogens is 354 g/mol. The van der Waals surface area contributed by atoms with Gasteiger partial charge in [0.25, 0.3) is 0 Å². The first kappa shape index (κ1) is 15.8. The fraction of sp³-hybridized carbons (Fsp3) is 0.0556. The first-order valence-corrected chi connectivity index (χ1v) is 8.88. The van der Waals surface area contributed by atoms with Crippen LogP contribution in [0.25, 0.3) is 27.6 Å². The molecule has 2 N–H and O–H groups in total. The van der Waals surface area contributed by atoms with E-state index < -0.39 is 0 Å². The van der Waals surface area contributed by atoms with E-state index in [1.807, 2.05) is 29.6 Å². The Labute approximate surface area is 153 Å². The van der Waals surface area contributed by atoms with Crippen molar-refractivity contribution < 1.29 is 0 Å². The summed E-state index contributed by atoms with van der Waals surface area (Å²) in [6, 6.07) is 15.5. The molecule has 124 valence electrons. The number of anilines is 1. The van der Waals surface area contributed by atoms with Crippen LogP contribution in [0.2, 0.25) is 5.02 Å². The van der Waals surface area contributed by atoms with Crippen LogP contribution in [0.1, 0.15) is 5.56 Å². The summed E-state index contributed by atoms with van der Waals surface area (Å²) in [5.41, 5.74) is 10.8. The second-order valence-electron chi connectivity index (χ2n) is 5.57. The molecule has 0 aliphatic carbocycles. The van der Waals surface area contributed by atoms with Gasteiger partial charge in [-0.1, -0.05) is 47.1 Å². The number of nitrogen functional groups attached to an aromatic ring is 1. The van der Waals surface area contributed by atoms with Gasteiger partial charge in [0.05, 0.1) is 11.4 Å². The fourth-order valence-electron chi connectivity index (χ4n) is 2.61. The average Bonchev–Trinajstić information content (AvgIpc) is 3.22. The van der Waals surface area contributed by atoms with Gasteiger partial charge in [-0.25, -0.2) is 4.98 Å². The molecule has 0 amide bonds. The maximum Gasteiger partial charge on any atom is 0.165 e. The van der Waals surface area contributed by atoms with Gasteiger partial charge in [0, 0.05) is 16.0 Å². The molecular formula is C18H14ClN5S. The van der Waals surface area contributed by atoms with E-state index in [-0.39, 0.29) is 0 Å². The third kappa shape index (κ3) is 2.90. The highest BCUT2D eigenvalue weighted by Crippen LogP contribution is 2.32. The standard InChI is InChI=1S/C18H14ClN5S/c1-11-5-2-3-8-14(11)15-10-25-18(21-15)16-17(20)24(23-22-16)13-7-4-6-12(19)9-13/h2-10H,20H2,1H3. The van der Waals surface area contributed by atoms with Gasteiger partial charge in [-0.05, 0) is 30.7 Å². The van der Waals surface area contributed by atoms with E-state index in [1.165, 1.54) is 16.9 Å². The topological polar surface area (TPSA) is 69.6 Å². The van der Waals surface area contributed by atoms with Crippen molar-refractivity contribution in [2.75, 3.05) is 5.73 Å². The molecule has 2 aromatic carbocycles. The molecule has 0 spiro atoms. The number of aromatic nitrogens is 4. The van der Waals surface area contributed by atoms with Gasteiger partial charge in [-0.15, -0.1) is 16.4 Å². The highest BCUT2D eigenvalue weighted by atomic mass is 35.5. The summed E-state index contributed by atoms with van der Waals surface area (Å²) in [6.07, 6.45) is 0. The van der Waals surface area contributed by atoms with Crippen molar-refractivity contribution in [1.29, 1.82) is 0 Å². The van der Waals surface area contributed by atoms with E-state index >= 15 is 0 Å². The molecule has 0 atom stereocenters. The molecule has 7 heteroatoms. The molecule has 5 nitrogen and oxygen atoms in total. The number of aryl methyl sites for hydroxylation is 1. The van der Waals surface area contributed by atoms with Crippen LogP contribution < -0.4 is 5.73 Å². The summed E-state index contributed by atoms with van der Waals surface area (Å²) in [5, 5.41) is 11.7. The average molecular weight is 368 g/mol. The quantitative estimate of drug-likeness (QED) is 0.574. The van der Waals surface area contributed by atoms with Gasteiger partial charge in [0.15, 0.2) is 11.5 Å².